The van der Waals surface area contributed by atoms with Crippen LogP contribution in [0.15, 0.2) is 48.1 Å². The molecule has 0 fully saturated rings. The summed E-state index contributed by atoms with van der Waals surface area (Å²) in [5, 5.41) is 13.8. The number of allylic oxidation sites excluding steroid dienone is 1. The lowest BCUT2D eigenvalue weighted by Gasteiger charge is -2.29. The van der Waals surface area contributed by atoms with Crippen molar-refractivity contribution >= 4 is 23.0 Å². The molecule has 0 bridgehead atoms. The lowest BCUT2D eigenvalue weighted by atomic mass is 10.0. The quantitative estimate of drug-likeness (QED) is 0.782. The second-order valence-electron chi connectivity index (χ2n) is 5.13. The molecule has 0 radical (unpaired) electrons. The molecule has 4 N–H and O–H groups in total. The van der Waals surface area contributed by atoms with Gasteiger partial charge in [0.05, 0.1) is 23.3 Å². The molecule has 0 aliphatic carbocycles. The number of aliphatic hydroxyl groups is 1. The Morgan fingerprint density at radius 1 is 1.17 bits per heavy atom. The van der Waals surface area contributed by atoms with Crippen molar-refractivity contribution in [3.8, 4) is 0 Å². The number of aromatic nitrogens is 1. The molecule has 23 heavy (non-hydrogen) atoms. The SMILES string of the molecule is O.OC1=C2CCc3cccc(F)c3N2NN1c1ccc(Cl)nc1. The Bertz CT molecular complexity index is 782. The molecule has 120 valence electrons. The molecule has 0 saturated heterocycles. The highest BCUT2D eigenvalue weighted by atomic mass is 35.5. The molecule has 0 atom stereocenters. The van der Waals surface area contributed by atoms with E-state index >= 15 is 0 Å². The molecule has 6 nitrogen and oxygen atoms in total. The van der Waals surface area contributed by atoms with E-state index in [0.717, 1.165) is 5.56 Å². The maximum atomic E-state index is 14.2. The number of benzene rings is 1. The number of fused-ring (bicyclic) bond motifs is 3. The van der Waals surface area contributed by atoms with Gasteiger partial charge in [-0.3, -0.25) is 5.01 Å². The summed E-state index contributed by atoms with van der Waals surface area (Å²) >= 11 is 5.78. The lowest BCUT2D eigenvalue weighted by molar-refractivity contribution is 0.386. The van der Waals surface area contributed by atoms with Gasteiger partial charge < -0.3 is 10.6 Å². The summed E-state index contributed by atoms with van der Waals surface area (Å²) < 4.78 is 14.2. The monoisotopic (exact) mass is 336 g/mol. The van der Waals surface area contributed by atoms with E-state index in [4.69, 9.17) is 11.6 Å². The molecule has 0 saturated carbocycles. The lowest BCUT2D eigenvalue weighted by Crippen LogP contribution is -2.43. The Kier molecular flexibility index (Phi) is 3.85. The maximum absolute atomic E-state index is 14.2. The number of hydrazine groups is 2. The van der Waals surface area contributed by atoms with Crippen LogP contribution >= 0.6 is 11.6 Å². The van der Waals surface area contributed by atoms with Gasteiger partial charge >= 0.3 is 0 Å². The number of nitrogens with zero attached hydrogens (tertiary/aromatic N) is 3. The first-order valence-corrected chi connectivity index (χ1v) is 7.20. The number of hydrogen-bond acceptors (Lipinski definition) is 5. The zero-order valence-corrected chi connectivity index (χ0v) is 12.7. The predicted molar refractivity (Wildman–Crippen MR) is 85.3 cm³/mol. The van der Waals surface area contributed by atoms with Crippen LogP contribution in [0, 0.1) is 5.82 Å². The van der Waals surface area contributed by atoms with Crippen LogP contribution in [0.2, 0.25) is 5.15 Å². The normalized spacial score (nSPS) is 16.1. The van der Waals surface area contributed by atoms with Gasteiger partial charge in [0.25, 0.3) is 0 Å². The number of pyridine rings is 1. The Morgan fingerprint density at radius 3 is 2.74 bits per heavy atom. The number of aryl methyl sites for hydroxylation is 1. The number of halogens is 2. The molecule has 4 rings (SSSR count). The highest BCUT2D eigenvalue weighted by molar-refractivity contribution is 6.29. The van der Waals surface area contributed by atoms with Gasteiger partial charge in [-0.2, -0.15) is 0 Å². The van der Waals surface area contributed by atoms with Crippen molar-refractivity contribution in [2.45, 2.75) is 12.8 Å². The van der Waals surface area contributed by atoms with E-state index in [9.17, 15) is 9.50 Å². The summed E-state index contributed by atoms with van der Waals surface area (Å²) in [5.74, 6) is -0.288. The van der Waals surface area contributed by atoms with E-state index in [2.05, 4.69) is 10.5 Å². The standard InChI is InChI=1S/C15H12ClFN4O.H2O/c16-13-7-5-10(8-18-13)20-15(22)12-6-4-9-2-1-3-11(17)14(9)21(12)19-20;/h1-3,5,7-8,19,22H,4,6H2;1H2. The van der Waals surface area contributed by atoms with Crippen LogP contribution in [-0.4, -0.2) is 15.6 Å². The van der Waals surface area contributed by atoms with E-state index in [0.29, 0.717) is 35.1 Å². The van der Waals surface area contributed by atoms with Crippen LogP contribution in [0.25, 0.3) is 0 Å². The Morgan fingerprint density at radius 2 is 2.00 bits per heavy atom. The number of nitrogens with one attached hydrogen (secondary N) is 1. The fourth-order valence-electron chi connectivity index (χ4n) is 2.79. The van der Waals surface area contributed by atoms with Gasteiger partial charge in [-0.05, 0) is 36.6 Å². The molecular formula is C15H14ClFN4O2. The molecule has 2 aromatic rings. The van der Waals surface area contributed by atoms with Gasteiger partial charge in [0.1, 0.15) is 11.0 Å². The van der Waals surface area contributed by atoms with Gasteiger partial charge in [-0.15, -0.1) is 5.53 Å². The molecule has 0 spiro atoms. The minimum Gasteiger partial charge on any atom is -0.492 e. The largest absolute Gasteiger partial charge is 0.492 e. The second kappa shape index (κ2) is 5.69. The zero-order valence-electron chi connectivity index (χ0n) is 11.9. The van der Waals surface area contributed by atoms with Crippen molar-refractivity contribution in [1.29, 1.82) is 0 Å². The van der Waals surface area contributed by atoms with Crippen LogP contribution in [0.5, 0.6) is 0 Å². The van der Waals surface area contributed by atoms with Crippen molar-refractivity contribution in [2.24, 2.45) is 0 Å². The smallest absolute Gasteiger partial charge is 0.229 e. The van der Waals surface area contributed by atoms with Gasteiger partial charge in [0.2, 0.25) is 5.88 Å². The van der Waals surface area contributed by atoms with Crippen LogP contribution in [0.4, 0.5) is 15.8 Å². The average molecular weight is 337 g/mol. The van der Waals surface area contributed by atoms with Gasteiger partial charge in [-0.25, -0.2) is 14.4 Å². The van der Waals surface area contributed by atoms with Crippen LogP contribution in [-0.2, 0) is 6.42 Å². The average Bonchev–Trinajstić information content (AvgIpc) is 2.85. The highest BCUT2D eigenvalue weighted by Gasteiger charge is 2.36. The Balaban J connectivity index is 0.00000156. The molecule has 8 heteroatoms. The topological polar surface area (TPSA) is 83.1 Å². The third-order valence-corrected chi connectivity index (χ3v) is 4.06. The van der Waals surface area contributed by atoms with E-state index in [1.165, 1.54) is 17.3 Å². The molecule has 0 unspecified atom stereocenters. The van der Waals surface area contributed by atoms with Crippen molar-refractivity contribution in [3.63, 3.8) is 0 Å². The van der Waals surface area contributed by atoms with E-state index in [1.54, 1.807) is 23.2 Å². The minimum atomic E-state index is -0.328. The van der Waals surface area contributed by atoms with E-state index in [-0.39, 0.29) is 17.2 Å². The van der Waals surface area contributed by atoms with Crippen molar-refractivity contribution in [2.75, 3.05) is 10.0 Å². The second-order valence-corrected chi connectivity index (χ2v) is 5.52. The van der Waals surface area contributed by atoms with Gasteiger partial charge in [-0.1, -0.05) is 23.7 Å². The summed E-state index contributed by atoms with van der Waals surface area (Å²) in [5.41, 5.74) is 5.59. The molecule has 3 heterocycles. The summed E-state index contributed by atoms with van der Waals surface area (Å²) in [6.45, 7) is 0. The first kappa shape index (κ1) is 15.5. The summed E-state index contributed by atoms with van der Waals surface area (Å²) in [6, 6.07) is 8.34. The molecular weight excluding hydrogens is 323 g/mol. The number of para-hydroxylation sites is 1. The number of aliphatic hydroxyl groups excluding tert-OH is 1. The third kappa shape index (κ3) is 2.39. The molecule has 1 aromatic carbocycles. The summed E-state index contributed by atoms with van der Waals surface area (Å²) in [6.07, 6.45) is 2.83. The summed E-state index contributed by atoms with van der Waals surface area (Å²) in [7, 11) is 0. The first-order valence-electron chi connectivity index (χ1n) is 6.83. The van der Waals surface area contributed by atoms with Crippen LogP contribution in [0.1, 0.15) is 12.0 Å². The zero-order chi connectivity index (χ0) is 15.3. The highest BCUT2D eigenvalue weighted by Crippen LogP contribution is 2.38. The molecule has 2 aliphatic rings. The first-order chi connectivity index (χ1) is 10.6. The van der Waals surface area contributed by atoms with Gasteiger partial charge in [0.15, 0.2) is 0 Å². The third-order valence-electron chi connectivity index (χ3n) is 3.83. The van der Waals surface area contributed by atoms with Crippen LogP contribution in [0.3, 0.4) is 0 Å². The molecule has 0 amide bonds. The number of rotatable bonds is 1. The Labute approximate surface area is 136 Å². The maximum Gasteiger partial charge on any atom is 0.229 e. The number of anilines is 2. The fourth-order valence-corrected chi connectivity index (χ4v) is 2.90. The fraction of sp³-hybridized carbons (Fsp3) is 0.133. The van der Waals surface area contributed by atoms with Crippen molar-refractivity contribution < 1.29 is 15.0 Å². The molecule has 1 aromatic heterocycles. The Hall–Kier alpha value is -2.35. The summed E-state index contributed by atoms with van der Waals surface area (Å²) in [4.78, 5) is 3.99. The minimum absolute atomic E-state index is 0. The van der Waals surface area contributed by atoms with E-state index in [1.807, 2.05) is 6.07 Å². The van der Waals surface area contributed by atoms with Gasteiger partial charge in [0, 0.05) is 0 Å². The van der Waals surface area contributed by atoms with E-state index < -0.39 is 0 Å². The molecule has 2 aliphatic heterocycles. The van der Waals surface area contributed by atoms with Crippen LogP contribution < -0.4 is 15.6 Å². The predicted octanol–water partition coefficient (Wildman–Crippen LogP) is 2.47. The van der Waals surface area contributed by atoms with Crippen molar-refractivity contribution in [1.82, 2.24) is 10.5 Å². The number of hydrogen-bond donors (Lipinski definition) is 2. The van der Waals surface area contributed by atoms with Crippen molar-refractivity contribution in [3.05, 3.63) is 64.6 Å².